The maximum atomic E-state index is 12.9. The minimum Gasteiger partial charge on any atom is -0.392 e. The fraction of sp³-hybridized carbons (Fsp3) is 0.846. The largest absolute Gasteiger partial charge is 0.392 e. The van der Waals surface area contributed by atoms with Crippen LogP contribution in [0.3, 0.4) is 0 Å². The SMILES string of the molecule is CCCCCCCCCCC/C=C/CCCCC(=O)C1=[N+](CC(O)CS(=O)(=O)O)CCN1CCO. The molecule has 0 spiro atoms. The first-order chi connectivity index (χ1) is 16.8. The molecule has 0 amide bonds. The molecule has 8 nitrogen and oxygen atoms in total. The van der Waals surface area contributed by atoms with E-state index in [1.807, 2.05) is 0 Å². The summed E-state index contributed by atoms with van der Waals surface area (Å²) in [5, 5.41) is 19.3. The van der Waals surface area contributed by atoms with Gasteiger partial charge in [-0.05, 0) is 32.1 Å². The maximum Gasteiger partial charge on any atom is 0.316 e. The number of aliphatic hydroxyl groups excluding tert-OH is 2. The van der Waals surface area contributed by atoms with E-state index in [-0.39, 0.29) is 18.9 Å². The van der Waals surface area contributed by atoms with Crippen LogP contribution in [-0.4, -0.2) is 88.9 Å². The first-order valence-electron chi connectivity index (χ1n) is 13.6. The monoisotopic (exact) mass is 517 g/mol. The predicted octanol–water partition coefficient (Wildman–Crippen LogP) is 3.56. The molecule has 0 aromatic rings. The van der Waals surface area contributed by atoms with Crippen LogP contribution in [0.2, 0.25) is 0 Å². The lowest BCUT2D eigenvalue weighted by Crippen LogP contribution is -2.40. The van der Waals surface area contributed by atoms with E-state index in [9.17, 15) is 23.4 Å². The molecule has 0 saturated carbocycles. The zero-order valence-corrected chi connectivity index (χ0v) is 22.6. The maximum absolute atomic E-state index is 12.9. The number of allylic oxidation sites excluding steroid dienone is 2. The van der Waals surface area contributed by atoms with Gasteiger partial charge in [0, 0.05) is 6.42 Å². The molecule has 0 fully saturated rings. The number of carbonyl (C=O) groups excluding carboxylic acids is 1. The van der Waals surface area contributed by atoms with E-state index in [2.05, 4.69) is 19.1 Å². The van der Waals surface area contributed by atoms with Crippen LogP contribution < -0.4 is 0 Å². The number of carbonyl (C=O) groups is 1. The van der Waals surface area contributed by atoms with Gasteiger partial charge in [0.2, 0.25) is 5.78 Å². The van der Waals surface area contributed by atoms with Gasteiger partial charge in [-0.1, -0.05) is 70.4 Å². The summed E-state index contributed by atoms with van der Waals surface area (Å²) in [6.07, 6.45) is 19.3. The molecular formula is C26H49N2O6S+. The summed E-state index contributed by atoms with van der Waals surface area (Å²) >= 11 is 0. The molecule has 204 valence electrons. The van der Waals surface area contributed by atoms with Crippen molar-refractivity contribution in [3.8, 4) is 0 Å². The Morgan fingerprint density at radius 1 is 1.00 bits per heavy atom. The second-order valence-corrected chi connectivity index (χ2v) is 11.1. The Bertz CT molecular complexity index is 751. The fourth-order valence-corrected chi connectivity index (χ4v) is 5.13. The lowest BCUT2D eigenvalue weighted by atomic mass is 10.1. The van der Waals surface area contributed by atoms with Crippen LogP contribution in [0.1, 0.15) is 96.8 Å². The molecule has 1 aliphatic rings. The molecule has 1 aliphatic heterocycles. The van der Waals surface area contributed by atoms with E-state index in [1.54, 1.807) is 9.48 Å². The number of hydrogen-bond acceptors (Lipinski definition) is 6. The van der Waals surface area contributed by atoms with E-state index in [1.165, 1.54) is 57.8 Å². The van der Waals surface area contributed by atoms with Gasteiger partial charge in [-0.2, -0.15) is 8.42 Å². The zero-order valence-electron chi connectivity index (χ0n) is 21.7. The molecule has 0 saturated heterocycles. The number of Topliss-reactive ketones (excluding diaryl/α,β-unsaturated/α-hetero) is 1. The molecule has 1 unspecified atom stereocenters. The third-order valence-electron chi connectivity index (χ3n) is 6.36. The summed E-state index contributed by atoms with van der Waals surface area (Å²) in [7, 11) is -4.30. The van der Waals surface area contributed by atoms with Gasteiger partial charge in [0.25, 0.3) is 10.1 Å². The van der Waals surface area contributed by atoms with Crippen LogP contribution >= 0.6 is 0 Å². The van der Waals surface area contributed by atoms with E-state index in [4.69, 9.17) is 4.55 Å². The summed E-state index contributed by atoms with van der Waals surface area (Å²) in [5.41, 5.74) is 0. The summed E-state index contributed by atoms with van der Waals surface area (Å²) in [6.45, 7) is 3.41. The van der Waals surface area contributed by atoms with Gasteiger partial charge in [0.15, 0.2) is 0 Å². The van der Waals surface area contributed by atoms with Gasteiger partial charge in [-0.15, -0.1) is 0 Å². The number of amidine groups is 1. The Morgan fingerprint density at radius 3 is 2.14 bits per heavy atom. The van der Waals surface area contributed by atoms with Crippen LogP contribution in [0, 0.1) is 0 Å². The van der Waals surface area contributed by atoms with E-state index in [0.717, 1.165) is 25.7 Å². The predicted molar refractivity (Wildman–Crippen MR) is 141 cm³/mol. The molecular weight excluding hydrogens is 468 g/mol. The lowest BCUT2D eigenvalue weighted by molar-refractivity contribution is -0.525. The molecule has 0 aromatic carbocycles. The second-order valence-electron chi connectivity index (χ2n) is 9.64. The minimum atomic E-state index is -4.30. The highest BCUT2D eigenvalue weighted by atomic mass is 32.2. The fourth-order valence-electron chi connectivity index (χ4n) is 4.54. The topological polar surface area (TPSA) is 118 Å². The third-order valence-corrected chi connectivity index (χ3v) is 7.16. The average molecular weight is 518 g/mol. The summed E-state index contributed by atoms with van der Waals surface area (Å²) in [4.78, 5) is 14.7. The standard InChI is InChI=1S/C26H48N2O6S/c1-2-3-4-5-6-7-8-9-10-11-12-13-14-15-16-17-25(31)26-27(20-21-29)18-19-28(26)22-24(30)23-35(32,33)34/h12-13,24,29-30H,2-11,14-23H2,1H3/p+1/b13-12+. The van der Waals surface area contributed by atoms with Gasteiger partial charge in [-0.25, -0.2) is 0 Å². The summed E-state index contributed by atoms with van der Waals surface area (Å²) in [6, 6.07) is 0. The minimum absolute atomic E-state index is 0.0512. The van der Waals surface area contributed by atoms with Crippen LogP contribution in [0.15, 0.2) is 12.2 Å². The number of nitrogens with zero attached hydrogens (tertiary/aromatic N) is 2. The Hall–Kier alpha value is -1.29. The molecule has 35 heavy (non-hydrogen) atoms. The number of aliphatic hydroxyl groups is 2. The Kier molecular flexibility index (Phi) is 17.1. The summed E-state index contributed by atoms with van der Waals surface area (Å²) < 4.78 is 32.7. The van der Waals surface area contributed by atoms with Crippen molar-refractivity contribution in [1.82, 2.24) is 4.90 Å². The van der Waals surface area contributed by atoms with Crippen molar-refractivity contribution < 1.29 is 32.6 Å². The number of β-amino-alcohol motifs (C(OH)–C–C–N with tert-alkyl or cyclic N) is 2. The van der Waals surface area contributed by atoms with E-state index >= 15 is 0 Å². The van der Waals surface area contributed by atoms with Crippen molar-refractivity contribution in [3.05, 3.63) is 12.2 Å². The quantitative estimate of drug-likeness (QED) is 0.0870. The second kappa shape index (κ2) is 18.9. The molecule has 0 radical (unpaired) electrons. The van der Waals surface area contributed by atoms with Gasteiger partial charge in [0.1, 0.15) is 38.0 Å². The van der Waals surface area contributed by atoms with Crippen molar-refractivity contribution in [1.29, 1.82) is 0 Å². The zero-order chi connectivity index (χ0) is 25.9. The Labute approximate surface area is 212 Å². The first kappa shape index (κ1) is 31.7. The molecule has 1 heterocycles. The first-order valence-corrected chi connectivity index (χ1v) is 15.2. The van der Waals surface area contributed by atoms with Crippen LogP contribution in [-0.2, 0) is 14.9 Å². The van der Waals surface area contributed by atoms with Crippen LogP contribution in [0.25, 0.3) is 0 Å². The number of rotatable bonds is 22. The van der Waals surface area contributed by atoms with Crippen LogP contribution in [0.5, 0.6) is 0 Å². The van der Waals surface area contributed by atoms with Gasteiger partial charge in [-0.3, -0.25) is 18.8 Å². The molecule has 1 rings (SSSR count). The highest BCUT2D eigenvalue weighted by Crippen LogP contribution is 2.12. The highest BCUT2D eigenvalue weighted by Gasteiger charge is 2.36. The van der Waals surface area contributed by atoms with E-state index < -0.39 is 22.0 Å². The molecule has 1 atom stereocenters. The lowest BCUT2D eigenvalue weighted by Gasteiger charge is -2.13. The van der Waals surface area contributed by atoms with Crippen molar-refractivity contribution in [2.45, 2.75) is 103 Å². The average Bonchev–Trinajstić information content (AvgIpc) is 3.17. The highest BCUT2D eigenvalue weighted by molar-refractivity contribution is 7.85. The molecule has 0 bridgehead atoms. The normalized spacial score (nSPS) is 15.5. The third kappa shape index (κ3) is 15.4. The smallest absolute Gasteiger partial charge is 0.316 e. The Balaban J connectivity index is 2.29. The van der Waals surface area contributed by atoms with Crippen molar-refractivity contribution in [3.63, 3.8) is 0 Å². The molecule has 0 aromatic heterocycles. The van der Waals surface area contributed by atoms with Gasteiger partial charge in [0.05, 0.1) is 6.61 Å². The van der Waals surface area contributed by atoms with Crippen molar-refractivity contribution in [2.75, 3.05) is 38.5 Å². The molecule has 0 aliphatic carbocycles. The molecule has 9 heteroatoms. The number of ketones is 1. The Morgan fingerprint density at radius 2 is 1.57 bits per heavy atom. The van der Waals surface area contributed by atoms with Gasteiger partial charge < -0.3 is 10.2 Å². The summed E-state index contributed by atoms with van der Waals surface area (Å²) in [5.74, 6) is -0.404. The van der Waals surface area contributed by atoms with Gasteiger partial charge >= 0.3 is 5.84 Å². The van der Waals surface area contributed by atoms with Crippen molar-refractivity contribution in [2.24, 2.45) is 0 Å². The number of unbranched alkanes of at least 4 members (excludes halogenated alkanes) is 11. The van der Waals surface area contributed by atoms with Crippen molar-refractivity contribution >= 4 is 21.7 Å². The van der Waals surface area contributed by atoms with E-state index in [0.29, 0.717) is 31.9 Å². The van der Waals surface area contributed by atoms with Crippen LogP contribution in [0.4, 0.5) is 0 Å². The molecule has 3 N–H and O–H groups in total. The number of hydrogen-bond donors (Lipinski definition) is 3.